The Bertz CT molecular complexity index is 336. The minimum absolute atomic E-state index is 0.421. The summed E-state index contributed by atoms with van der Waals surface area (Å²) in [6.45, 7) is 4.66. The summed E-state index contributed by atoms with van der Waals surface area (Å²) in [4.78, 5) is 10.7. The molecule has 1 heterocycles. The first-order chi connectivity index (χ1) is 7.27. The predicted octanol–water partition coefficient (Wildman–Crippen LogP) is 1.81. The van der Waals surface area contributed by atoms with E-state index >= 15 is 0 Å². The summed E-state index contributed by atoms with van der Waals surface area (Å²) in [7, 11) is 0. The molecule has 0 radical (unpaired) electrons. The van der Waals surface area contributed by atoms with Crippen LogP contribution in [0.15, 0.2) is 24.3 Å². The SMILES string of the molecule is CC.O=C(O)C1Cc2ccccc2CN1. The molecule has 0 aromatic heterocycles. The van der Waals surface area contributed by atoms with E-state index in [0.29, 0.717) is 13.0 Å². The zero-order valence-electron chi connectivity index (χ0n) is 9.16. The average molecular weight is 207 g/mol. The van der Waals surface area contributed by atoms with Crippen molar-refractivity contribution in [3.8, 4) is 0 Å². The van der Waals surface area contributed by atoms with Gasteiger partial charge < -0.3 is 10.4 Å². The Morgan fingerprint density at radius 2 is 1.93 bits per heavy atom. The fourth-order valence-electron chi connectivity index (χ4n) is 1.63. The largest absolute Gasteiger partial charge is 0.480 e. The first-order valence-corrected chi connectivity index (χ1v) is 5.30. The molecular formula is C12H17NO2. The molecule has 0 bridgehead atoms. The molecule has 1 aromatic rings. The lowest BCUT2D eigenvalue weighted by Gasteiger charge is -2.22. The summed E-state index contributed by atoms with van der Waals surface area (Å²) in [6, 6.07) is 7.52. The van der Waals surface area contributed by atoms with E-state index in [0.717, 1.165) is 5.56 Å². The quantitative estimate of drug-likeness (QED) is 0.738. The van der Waals surface area contributed by atoms with Gasteiger partial charge in [0.1, 0.15) is 6.04 Å². The van der Waals surface area contributed by atoms with Crippen LogP contribution in [0.25, 0.3) is 0 Å². The van der Waals surface area contributed by atoms with Crippen molar-refractivity contribution < 1.29 is 9.90 Å². The molecule has 0 aliphatic carbocycles. The number of hydrogen-bond donors (Lipinski definition) is 2. The molecule has 1 aliphatic heterocycles. The minimum atomic E-state index is -0.769. The third-order valence-electron chi connectivity index (χ3n) is 2.38. The molecule has 15 heavy (non-hydrogen) atoms. The van der Waals surface area contributed by atoms with E-state index in [2.05, 4.69) is 5.32 Å². The van der Waals surface area contributed by atoms with Gasteiger partial charge in [0.05, 0.1) is 0 Å². The predicted molar refractivity (Wildman–Crippen MR) is 59.8 cm³/mol. The number of hydrogen-bond acceptors (Lipinski definition) is 2. The Labute approximate surface area is 90.1 Å². The smallest absolute Gasteiger partial charge is 0.321 e. The Hall–Kier alpha value is -1.35. The van der Waals surface area contributed by atoms with Crippen LogP contribution >= 0.6 is 0 Å². The lowest BCUT2D eigenvalue weighted by Crippen LogP contribution is -2.41. The lowest BCUT2D eigenvalue weighted by atomic mass is 9.96. The van der Waals surface area contributed by atoms with Crippen molar-refractivity contribution in [1.29, 1.82) is 0 Å². The highest BCUT2D eigenvalue weighted by Crippen LogP contribution is 2.15. The van der Waals surface area contributed by atoms with Gasteiger partial charge in [-0.3, -0.25) is 4.79 Å². The molecule has 0 fully saturated rings. The monoisotopic (exact) mass is 207 g/mol. The third-order valence-corrected chi connectivity index (χ3v) is 2.38. The number of carboxylic acid groups (broad SMARTS) is 1. The summed E-state index contributed by atoms with van der Waals surface area (Å²) >= 11 is 0. The maximum Gasteiger partial charge on any atom is 0.321 e. The standard InChI is InChI=1S/C10H11NO2.C2H6/c12-10(13)9-5-7-3-1-2-4-8(7)6-11-9;1-2/h1-4,9,11H,5-6H2,(H,12,13);1-2H3. The van der Waals surface area contributed by atoms with Gasteiger partial charge in [-0.15, -0.1) is 0 Å². The van der Waals surface area contributed by atoms with E-state index in [1.165, 1.54) is 5.56 Å². The van der Waals surface area contributed by atoms with Crippen LogP contribution in [0, 0.1) is 0 Å². The molecule has 1 atom stereocenters. The zero-order valence-corrected chi connectivity index (χ0v) is 9.16. The molecule has 0 spiro atoms. The highest BCUT2D eigenvalue weighted by atomic mass is 16.4. The molecule has 0 amide bonds. The Morgan fingerprint density at radius 1 is 1.33 bits per heavy atom. The molecule has 2 N–H and O–H groups in total. The van der Waals surface area contributed by atoms with E-state index < -0.39 is 12.0 Å². The second-order valence-electron chi connectivity index (χ2n) is 3.24. The molecule has 3 nitrogen and oxygen atoms in total. The molecule has 82 valence electrons. The van der Waals surface area contributed by atoms with Crippen molar-refractivity contribution in [2.75, 3.05) is 0 Å². The molecule has 2 rings (SSSR count). The second-order valence-corrected chi connectivity index (χ2v) is 3.24. The van der Waals surface area contributed by atoms with Crippen LogP contribution in [0.3, 0.4) is 0 Å². The third kappa shape index (κ3) is 2.80. The molecule has 0 saturated heterocycles. The first-order valence-electron chi connectivity index (χ1n) is 5.30. The van der Waals surface area contributed by atoms with Crippen LogP contribution in [-0.2, 0) is 17.8 Å². The van der Waals surface area contributed by atoms with Gasteiger partial charge in [0, 0.05) is 6.54 Å². The normalized spacial score (nSPS) is 18.4. The number of carbonyl (C=O) groups is 1. The number of rotatable bonds is 1. The summed E-state index contributed by atoms with van der Waals surface area (Å²) in [5.74, 6) is -0.769. The van der Waals surface area contributed by atoms with Crippen LogP contribution < -0.4 is 5.32 Å². The zero-order chi connectivity index (χ0) is 11.3. The Balaban J connectivity index is 0.000000531. The molecule has 1 unspecified atom stereocenters. The summed E-state index contributed by atoms with van der Waals surface area (Å²) in [5, 5.41) is 11.8. The topological polar surface area (TPSA) is 49.3 Å². The van der Waals surface area contributed by atoms with Crippen LogP contribution in [0.2, 0.25) is 0 Å². The van der Waals surface area contributed by atoms with Crippen molar-refractivity contribution in [3.05, 3.63) is 35.4 Å². The first kappa shape index (κ1) is 11.7. The van der Waals surface area contributed by atoms with E-state index in [1.807, 2.05) is 38.1 Å². The van der Waals surface area contributed by atoms with Crippen molar-refractivity contribution in [3.63, 3.8) is 0 Å². The van der Waals surface area contributed by atoms with Gasteiger partial charge in [-0.25, -0.2) is 0 Å². The van der Waals surface area contributed by atoms with Crippen LogP contribution in [0.1, 0.15) is 25.0 Å². The van der Waals surface area contributed by atoms with Crippen LogP contribution in [0.4, 0.5) is 0 Å². The number of aliphatic carboxylic acids is 1. The van der Waals surface area contributed by atoms with E-state index in [1.54, 1.807) is 0 Å². The Morgan fingerprint density at radius 3 is 2.53 bits per heavy atom. The van der Waals surface area contributed by atoms with Crippen LogP contribution in [0.5, 0.6) is 0 Å². The molecular weight excluding hydrogens is 190 g/mol. The van der Waals surface area contributed by atoms with Gasteiger partial charge in [0.25, 0.3) is 0 Å². The van der Waals surface area contributed by atoms with Crippen molar-refractivity contribution >= 4 is 5.97 Å². The molecule has 3 heteroatoms. The summed E-state index contributed by atoms with van der Waals surface area (Å²) in [5.41, 5.74) is 2.36. The highest BCUT2D eigenvalue weighted by molar-refractivity contribution is 5.74. The average Bonchev–Trinajstić information content (AvgIpc) is 2.31. The second kappa shape index (κ2) is 5.51. The van der Waals surface area contributed by atoms with E-state index in [-0.39, 0.29) is 0 Å². The number of carboxylic acids is 1. The summed E-state index contributed by atoms with van der Waals surface area (Å²) in [6.07, 6.45) is 0.589. The van der Waals surface area contributed by atoms with Crippen LogP contribution in [-0.4, -0.2) is 17.1 Å². The van der Waals surface area contributed by atoms with Crippen molar-refractivity contribution in [2.45, 2.75) is 32.9 Å². The van der Waals surface area contributed by atoms with Gasteiger partial charge in [-0.1, -0.05) is 38.1 Å². The number of benzene rings is 1. The maximum absolute atomic E-state index is 10.7. The fourth-order valence-corrected chi connectivity index (χ4v) is 1.63. The lowest BCUT2D eigenvalue weighted by molar-refractivity contribution is -0.139. The fraction of sp³-hybridized carbons (Fsp3) is 0.417. The van der Waals surface area contributed by atoms with Gasteiger partial charge in [0.15, 0.2) is 0 Å². The summed E-state index contributed by atoms with van der Waals surface area (Å²) < 4.78 is 0. The minimum Gasteiger partial charge on any atom is -0.480 e. The highest BCUT2D eigenvalue weighted by Gasteiger charge is 2.22. The molecule has 1 aliphatic rings. The molecule has 0 saturated carbocycles. The molecule has 1 aromatic carbocycles. The maximum atomic E-state index is 10.7. The van der Waals surface area contributed by atoms with Gasteiger partial charge in [0.2, 0.25) is 0 Å². The number of nitrogens with one attached hydrogen (secondary N) is 1. The van der Waals surface area contributed by atoms with Gasteiger partial charge in [-0.2, -0.15) is 0 Å². The van der Waals surface area contributed by atoms with E-state index in [9.17, 15) is 4.79 Å². The van der Waals surface area contributed by atoms with E-state index in [4.69, 9.17) is 5.11 Å². The number of fused-ring (bicyclic) bond motifs is 1. The van der Waals surface area contributed by atoms with Crippen molar-refractivity contribution in [1.82, 2.24) is 5.32 Å². The van der Waals surface area contributed by atoms with Gasteiger partial charge in [-0.05, 0) is 17.5 Å². The van der Waals surface area contributed by atoms with Gasteiger partial charge >= 0.3 is 5.97 Å². The van der Waals surface area contributed by atoms with Crippen molar-refractivity contribution in [2.24, 2.45) is 0 Å². The Kier molecular flexibility index (Phi) is 4.31.